The number of hydrogen-bond acceptors (Lipinski definition) is 3. The summed E-state index contributed by atoms with van der Waals surface area (Å²) in [5.74, 6) is 0. The lowest BCUT2D eigenvalue weighted by molar-refractivity contribution is 0.456. The van der Waals surface area contributed by atoms with Gasteiger partial charge in [0, 0.05) is 10.9 Å². The normalized spacial score (nSPS) is 18.6. The first-order valence-electron chi connectivity index (χ1n) is 4.87. The Labute approximate surface area is 81.9 Å². The fourth-order valence-corrected chi connectivity index (χ4v) is 1.76. The Kier molecular flexibility index (Phi) is 1.47. The lowest BCUT2D eigenvalue weighted by Crippen LogP contribution is -2.24. The third-order valence-electron chi connectivity index (χ3n) is 2.87. The van der Waals surface area contributed by atoms with Gasteiger partial charge in [-0.1, -0.05) is 11.2 Å². The predicted molar refractivity (Wildman–Crippen MR) is 53.9 cm³/mol. The zero-order chi connectivity index (χ0) is 9.60. The molecule has 2 aromatic rings. The smallest absolute Gasteiger partial charge is 0.167 e. The van der Waals surface area contributed by atoms with E-state index in [9.17, 15) is 0 Å². The SMILES string of the molecule is NC1(Cc2ccc3cnoc3c2)CC1. The molecule has 0 saturated heterocycles. The van der Waals surface area contributed by atoms with E-state index in [1.807, 2.05) is 12.1 Å². The number of rotatable bonds is 2. The molecular weight excluding hydrogens is 176 g/mol. The fourth-order valence-electron chi connectivity index (χ4n) is 1.76. The molecule has 1 saturated carbocycles. The van der Waals surface area contributed by atoms with Gasteiger partial charge in [-0.05, 0) is 37.0 Å². The predicted octanol–water partition coefficient (Wildman–Crippen LogP) is 1.86. The van der Waals surface area contributed by atoms with E-state index in [1.54, 1.807) is 6.20 Å². The Bertz CT molecular complexity index is 471. The van der Waals surface area contributed by atoms with Gasteiger partial charge in [0.15, 0.2) is 5.58 Å². The summed E-state index contributed by atoms with van der Waals surface area (Å²) in [5.41, 5.74) is 8.21. The van der Waals surface area contributed by atoms with Gasteiger partial charge >= 0.3 is 0 Å². The molecule has 0 aliphatic heterocycles. The number of nitrogens with zero attached hydrogens (tertiary/aromatic N) is 1. The molecule has 2 N–H and O–H groups in total. The van der Waals surface area contributed by atoms with Gasteiger partial charge in [-0.15, -0.1) is 0 Å². The van der Waals surface area contributed by atoms with Crippen LogP contribution in [0.15, 0.2) is 28.9 Å². The van der Waals surface area contributed by atoms with Crippen molar-refractivity contribution in [2.75, 3.05) is 0 Å². The van der Waals surface area contributed by atoms with Crippen LogP contribution in [0, 0.1) is 0 Å². The molecular formula is C11H12N2O. The highest BCUT2D eigenvalue weighted by Gasteiger charge is 2.37. The van der Waals surface area contributed by atoms with Crippen molar-refractivity contribution in [2.45, 2.75) is 24.8 Å². The van der Waals surface area contributed by atoms with Crippen molar-refractivity contribution in [1.29, 1.82) is 0 Å². The topological polar surface area (TPSA) is 52.0 Å². The fraction of sp³-hybridized carbons (Fsp3) is 0.364. The standard InChI is InChI=1S/C11H12N2O/c12-11(3-4-11)6-8-1-2-9-7-13-14-10(9)5-8/h1-2,5,7H,3-4,6,12H2. The average molecular weight is 188 g/mol. The quantitative estimate of drug-likeness (QED) is 0.782. The van der Waals surface area contributed by atoms with Gasteiger partial charge in [-0.25, -0.2) is 0 Å². The van der Waals surface area contributed by atoms with Gasteiger partial charge in [0.1, 0.15) is 0 Å². The summed E-state index contributed by atoms with van der Waals surface area (Å²) in [6.07, 6.45) is 4.96. The van der Waals surface area contributed by atoms with Gasteiger partial charge in [0.05, 0.1) is 6.20 Å². The summed E-state index contributed by atoms with van der Waals surface area (Å²) >= 11 is 0. The Hall–Kier alpha value is -1.35. The molecule has 1 aromatic carbocycles. The highest BCUT2D eigenvalue weighted by atomic mass is 16.5. The van der Waals surface area contributed by atoms with E-state index in [2.05, 4.69) is 11.2 Å². The van der Waals surface area contributed by atoms with Crippen molar-refractivity contribution in [3.8, 4) is 0 Å². The number of nitrogens with two attached hydrogens (primary N) is 1. The minimum absolute atomic E-state index is 0.0632. The van der Waals surface area contributed by atoms with Crippen molar-refractivity contribution >= 4 is 11.0 Å². The number of benzene rings is 1. The summed E-state index contributed by atoms with van der Waals surface area (Å²) in [6, 6.07) is 6.18. The summed E-state index contributed by atoms with van der Waals surface area (Å²) < 4.78 is 5.10. The molecule has 1 aliphatic rings. The van der Waals surface area contributed by atoms with E-state index in [0.717, 1.165) is 30.2 Å². The van der Waals surface area contributed by atoms with Crippen LogP contribution in [-0.2, 0) is 6.42 Å². The Morgan fingerprint density at radius 3 is 3.07 bits per heavy atom. The zero-order valence-electron chi connectivity index (χ0n) is 7.86. The van der Waals surface area contributed by atoms with Crippen LogP contribution in [0.2, 0.25) is 0 Å². The number of aromatic nitrogens is 1. The minimum Gasteiger partial charge on any atom is -0.356 e. The molecule has 1 heterocycles. The molecule has 14 heavy (non-hydrogen) atoms. The Balaban J connectivity index is 1.97. The second kappa shape index (κ2) is 2.58. The number of fused-ring (bicyclic) bond motifs is 1. The first-order valence-corrected chi connectivity index (χ1v) is 4.87. The molecule has 1 fully saturated rings. The first kappa shape index (κ1) is 8.00. The van der Waals surface area contributed by atoms with Crippen molar-refractivity contribution in [1.82, 2.24) is 5.16 Å². The third-order valence-corrected chi connectivity index (χ3v) is 2.87. The van der Waals surface area contributed by atoms with E-state index in [1.165, 1.54) is 5.56 Å². The molecule has 0 unspecified atom stereocenters. The van der Waals surface area contributed by atoms with E-state index < -0.39 is 0 Å². The minimum atomic E-state index is 0.0632. The summed E-state index contributed by atoms with van der Waals surface area (Å²) in [5, 5.41) is 4.80. The third kappa shape index (κ3) is 1.30. The molecule has 0 spiro atoms. The molecule has 1 aliphatic carbocycles. The molecule has 0 bridgehead atoms. The van der Waals surface area contributed by atoms with Gasteiger partial charge in [0.25, 0.3) is 0 Å². The first-order chi connectivity index (χ1) is 6.75. The van der Waals surface area contributed by atoms with Gasteiger partial charge < -0.3 is 10.3 Å². The maximum Gasteiger partial charge on any atom is 0.167 e. The molecule has 3 heteroatoms. The van der Waals surface area contributed by atoms with Crippen LogP contribution >= 0.6 is 0 Å². The van der Waals surface area contributed by atoms with Gasteiger partial charge in [0.2, 0.25) is 0 Å². The monoisotopic (exact) mass is 188 g/mol. The highest BCUT2D eigenvalue weighted by molar-refractivity contribution is 5.76. The molecule has 0 amide bonds. The molecule has 0 radical (unpaired) electrons. The van der Waals surface area contributed by atoms with Crippen LogP contribution in [-0.4, -0.2) is 10.7 Å². The second-order valence-electron chi connectivity index (χ2n) is 4.24. The average Bonchev–Trinajstić information content (AvgIpc) is 2.73. The Morgan fingerprint density at radius 1 is 1.43 bits per heavy atom. The van der Waals surface area contributed by atoms with Crippen molar-refractivity contribution < 1.29 is 4.52 Å². The molecule has 72 valence electrons. The van der Waals surface area contributed by atoms with Crippen LogP contribution in [0.5, 0.6) is 0 Å². The van der Waals surface area contributed by atoms with E-state index >= 15 is 0 Å². The molecule has 3 rings (SSSR count). The maximum absolute atomic E-state index is 6.05. The van der Waals surface area contributed by atoms with E-state index in [0.29, 0.717) is 0 Å². The largest absolute Gasteiger partial charge is 0.356 e. The van der Waals surface area contributed by atoms with Crippen LogP contribution < -0.4 is 5.73 Å². The van der Waals surface area contributed by atoms with Crippen LogP contribution in [0.25, 0.3) is 11.0 Å². The maximum atomic E-state index is 6.05. The van der Waals surface area contributed by atoms with Crippen molar-refractivity contribution in [2.24, 2.45) is 5.73 Å². The van der Waals surface area contributed by atoms with E-state index in [-0.39, 0.29) is 5.54 Å². The summed E-state index contributed by atoms with van der Waals surface area (Å²) in [6.45, 7) is 0. The molecule has 1 aromatic heterocycles. The Morgan fingerprint density at radius 2 is 2.29 bits per heavy atom. The van der Waals surface area contributed by atoms with Crippen molar-refractivity contribution in [3.05, 3.63) is 30.0 Å². The van der Waals surface area contributed by atoms with Crippen molar-refractivity contribution in [3.63, 3.8) is 0 Å². The summed E-state index contributed by atoms with van der Waals surface area (Å²) in [4.78, 5) is 0. The summed E-state index contributed by atoms with van der Waals surface area (Å²) in [7, 11) is 0. The molecule has 3 nitrogen and oxygen atoms in total. The van der Waals surface area contributed by atoms with Crippen LogP contribution in [0.1, 0.15) is 18.4 Å². The lowest BCUT2D eigenvalue weighted by Gasteiger charge is -2.07. The molecule has 0 atom stereocenters. The van der Waals surface area contributed by atoms with Gasteiger partial charge in [-0.2, -0.15) is 0 Å². The van der Waals surface area contributed by atoms with Crippen LogP contribution in [0.3, 0.4) is 0 Å². The highest BCUT2D eigenvalue weighted by Crippen LogP contribution is 2.35. The zero-order valence-corrected chi connectivity index (χ0v) is 7.86. The van der Waals surface area contributed by atoms with E-state index in [4.69, 9.17) is 10.3 Å². The lowest BCUT2D eigenvalue weighted by atomic mass is 10.0. The van der Waals surface area contributed by atoms with Gasteiger partial charge in [-0.3, -0.25) is 0 Å². The second-order valence-corrected chi connectivity index (χ2v) is 4.24. The number of hydrogen-bond donors (Lipinski definition) is 1. The van der Waals surface area contributed by atoms with Crippen LogP contribution in [0.4, 0.5) is 0 Å².